The van der Waals surface area contributed by atoms with Crippen molar-refractivity contribution >= 4 is 16.9 Å². The standard InChI is InChI=1S/C23H24N4O2/c1-16-9-11-18(12-10-16)27-14-19(17-7-5-4-6-8-17)21-22(25-15-26-23(21)27)24-13-20(28-2)29-3/h4-12,14-15,20H,13H2,1-3H3,(H,24,25,26). The number of fused-ring (bicyclic) bond motifs is 1. The van der Waals surface area contributed by atoms with Gasteiger partial charge in [-0.3, -0.25) is 0 Å². The number of rotatable bonds is 7. The maximum atomic E-state index is 5.30. The second-order valence-corrected chi connectivity index (χ2v) is 6.82. The summed E-state index contributed by atoms with van der Waals surface area (Å²) in [6.07, 6.45) is 3.34. The molecule has 4 rings (SSSR count). The smallest absolute Gasteiger partial charge is 0.173 e. The van der Waals surface area contributed by atoms with Gasteiger partial charge < -0.3 is 19.4 Å². The first-order valence-corrected chi connectivity index (χ1v) is 9.49. The number of anilines is 1. The predicted molar refractivity (Wildman–Crippen MR) is 115 cm³/mol. The first-order chi connectivity index (χ1) is 14.2. The number of hydrogen-bond acceptors (Lipinski definition) is 5. The summed E-state index contributed by atoms with van der Waals surface area (Å²) >= 11 is 0. The van der Waals surface area contributed by atoms with Gasteiger partial charge in [0.25, 0.3) is 0 Å². The van der Waals surface area contributed by atoms with E-state index in [4.69, 9.17) is 9.47 Å². The molecule has 0 radical (unpaired) electrons. The first-order valence-electron chi connectivity index (χ1n) is 9.49. The molecule has 1 N–H and O–H groups in total. The summed E-state index contributed by atoms with van der Waals surface area (Å²) in [6.45, 7) is 2.56. The largest absolute Gasteiger partial charge is 0.364 e. The van der Waals surface area contributed by atoms with Crippen LogP contribution in [0.3, 0.4) is 0 Å². The topological polar surface area (TPSA) is 61.2 Å². The van der Waals surface area contributed by atoms with Crippen molar-refractivity contribution in [3.8, 4) is 16.8 Å². The van der Waals surface area contributed by atoms with E-state index < -0.39 is 0 Å². The van der Waals surface area contributed by atoms with E-state index in [0.717, 1.165) is 33.7 Å². The van der Waals surface area contributed by atoms with Gasteiger partial charge in [-0.25, -0.2) is 9.97 Å². The molecule has 0 amide bonds. The number of ether oxygens (including phenoxy) is 2. The van der Waals surface area contributed by atoms with E-state index in [9.17, 15) is 0 Å². The lowest BCUT2D eigenvalue weighted by Crippen LogP contribution is -2.24. The molecule has 0 bridgehead atoms. The van der Waals surface area contributed by atoms with Crippen molar-refractivity contribution in [3.05, 3.63) is 72.7 Å². The fourth-order valence-electron chi connectivity index (χ4n) is 3.38. The van der Waals surface area contributed by atoms with E-state index in [2.05, 4.69) is 69.4 Å². The molecule has 0 unspecified atom stereocenters. The van der Waals surface area contributed by atoms with Crippen molar-refractivity contribution in [1.29, 1.82) is 0 Å². The summed E-state index contributed by atoms with van der Waals surface area (Å²) in [5, 5.41) is 4.32. The second-order valence-electron chi connectivity index (χ2n) is 6.82. The zero-order valence-corrected chi connectivity index (χ0v) is 16.8. The molecule has 6 heteroatoms. The average Bonchev–Trinajstić information content (AvgIpc) is 3.16. The summed E-state index contributed by atoms with van der Waals surface area (Å²) in [4.78, 5) is 9.11. The Morgan fingerprint density at radius 2 is 1.69 bits per heavy atom. The van der Waals surface area contributed by atoms with E-state index >= 15 is 0 Å². The van der Waals surface area contributed by atoms with Gasteiger partial charge in [0.1, 0.15) is 12.1 Å². The maximum absolute atomic E-state index is 5.30. The molecule has 2 heterocycles. The maximum Gasteiger partial charge on any atom is 0.173 e. The zero-order chi connectivity index (χ0) is 20.2. The molecule has 0 fully saturated rings. The predicted octanol–water partition coefficient (Wildman–Crippen LogP) is 4.43. The minimum absolute atomic E-state index is 0.362. The third kappa shape index (κ3) is 3.85. The molecule has 0 saturated heterocycles. The minimum Gasteiger partial charge on any atom is -0.364 e. The van der Waals surface area contributed by atoms with Gasteiger partial charge >= 0.3 is 0 Å². The van der Waals surface area contributed by atoms with Gasteiger partial charge in [-0.2, -0.15) is 0 Å². The van der Waals surface area contributed by atoms with Gasteiger partial charge in [0.15, 0.2) is 11.9 Å². The van der Waals surface area contributed by atoms with Gasteiger partial charge in [-0.1, -0.05) is 48.0 Å². The van der Waals surface area contributed by atoms with Crippen LogP contribution >= 0.6 is 0 Å². The number of aryl methyl sites for hydroxylation is 1. The van der Waals surface area contributed by atoms with Crippen LogP contribution in [0.2, 0.25) is 0 Å². The highest BCUT2D eigenvalue weighted by Crippen LogP contribution is 2.35. The average molecular weight is 388 g/mol. The molecule has 148 valence electrons. The van der Waals surface area contributed by atoms with E-state index in [1.165, 1.54) is 5.56 Å². The second kappa shape index (κ2) is 8.43. The third-order valence-electron chi connectivity index (χ3n) is 4.94. The summed E-state index contributed by atoms with van der Waals surface area (Å²) in [5.41, 5.74) is 5.29. The monoisotopic (exact) mass is 388 g/mol. The molecule has 2 aromatic heterocycles. The minimum atomic E-state index is -0.362. The number of benzene rings is 2. The Bertz CT molecular complexity index is 1090. The SMILES string of the molecule is COC(CNc1ncnc2c1c(-c1ccccc1)cn2-c1ccc(C)cc1)OC. The zero-order valence-electron chi connectivity index (χ0n) is 16.8. The van der Waals surface area contributed by atoms with Crippen LogP contribution in [0.25, 0.3) is 27.8 Å². The molecule has 6 nitrogen and oxygen atoms in total. The van der Waals surface area contributed by atoms with Crippen molar-refractivity contribution in [2.24, 2.45) is 0 Å². The lowest BCUT2D eigenvalue weighted by molar-refractivity contribution is -0.0914. The molecule has 0 atom stereocenters. The molecule has 2 aromatic carbocycles. The van der Waals surface area contributed by atoms with Gasteiger partial charge in [0.05, 0.1) is 11.9 Å². The quantitative estimate of drug-likeness (QED) is 0.475. The Kier molecular flexibility index (Phi) is 5.55. The first kappa shape index (κ1) is 19.1. The Balaban J connectivity index is 1.88. The van der Waals surface area contributed by atoms with E-state index in [1.807, 2.05) is 18.2 Å². The Hall–Kier alpha value is -3.22. The third-order valence-corrected chi connectivity index (χ3v) is 4.94. The van der Waals surface area contributed by atoms with Gasteiger partial charge in [-0.05, 0) is 24.6 Å². The van der Waals surface area contributed by atoms with E-state index in [-0.39, 0.29) is 6.29 Å². The lowest BCUT2D eigenvalue weighted by atomic mass is 10.1. The molecule has 0 aliphatic rings. The molecule has 0 aliphatic carbocycles. The Morgan fingerprint density at radius 3 is 2.38 bits per heavy atom. The van der Waals surface area contributed by atoms with Crippen LogP contribution in [0.1, 0.15) is 5.56 Å². The number of nitrogens with zero attached hydrogens (tertiary/aromatic N) is 3. The fourth-order valence-corrected chi connectivity index (χ4v) is 3.38. The molecule has 0 saturated carbocycles. The highest BCUT2D eigenvalue weighted by Gasteiger charge is 2.18. The summed E-state index contributed by atoms with van der Waals surface area (Å²) < 4.78 is 12.7. The number of hydrogen-bond donors (Lipinski definition) is 1. The summed E-state index contributed by atoms with van der Waals surface area (Å²) in [6, 6.07) is 18.7. The normalized spacial score (nSPS) is 11.3. The van der Waals surface area contributed by atoms with Crippen LogP contribution in [0.5, 0.6) is 0 Å². The van der Waals surface area contributed by atoms with Crippen molar-refractivity contribution in [3.63, 3.8) is 0 Å². The molecule has 4 aromatic rings. The van der Waals surface area contributed by atoms with Crippen LogP contribution in [-0.2, 0) is 9.47 Å². The Morgan fingerprint density at radius 1 is 0.966 bits per heavy atom. The highest BCUT2D eigenvalue weighted by atomic mass is 16.7. The number of nitrogens with one attached hydrogen (secondary N) is 1. The van der Waals surface area contributed by atoms with Gasteiger partial charge in [0.2, 0.25) is 0 Å². The summed E-state index contributed by atoms with van der Waals surface area (Å²) in [7, 11) is 3.24. The van der Waals surface area contributed by atoms with Crippen LogP contribution in [0.4, 0.5) is 5.82 Å². The van der Waals surface area contributed by atoms with Crippen molar-refractivity contribution in [2.75, 3.05) is 26.1 Å². The molecular formula is C23H24N4O2. The molecule has 0 spiro atoms. The van der Waals surface area contributed by atoms with Crippen LogP contribution in [0, 0.1) is 6.92 Å². The molecule has 0 aliphatic heterocycles. The van der Waals surface area contributed by atoms with Gasteiger partial charge in [-0.15, -0.1) is 0 Å². The van der Waals surface area contributed by atoms with Crippen LogP contribution < -0.4 is 5.32 Å². The van der Waals surface area contributed by atoms with Crippen LogP contribution in [-0.4, -0.2) is 41.6 Å². The highest BCUT2D eigenvalue weighted by molar-refractivity contribution is 6.02. The summed E-state index contributed by atoms with van der Waals surface area (Å²) in [5.74, 6) is 0.749. The van der Waals surface area contributed by atoms with Crippen molar-refractivity contribution in [2.45, 2.75) is 13.2 Å². The number of aromatic nitrogens is 3. The lowest BCUT2D eigenvalue weighted by Gasteiger charge is -2.15. The fraction of sp³-hybridized carbons (Fsp3) is 0.217. The van der Waals surface area contributed by atoms with E-state index in [0.29, 0.717) is 6.54 Å². The van der Waals surface area contributed by atoms with Crippen molar-refractivity contribution < 1.29 is 9.47 Å². The van der Waals surface area contributed by atoms with Crippen molar-refractivity contribution in [1.82, 2.24) is 14.5 Å². The molecule has 29 heavy (non-hydrogen) atoms. The number of methoxy groups -OCH3 is 2. The van der Waals surface area contributed by atoms with Gasteiger partial charge in [0, 0.05) is 31.7 Å². The van der Waals surface area contributed by atoms with E-state index in [1.54, 1.807) is 20.5 Å². The molecular weight excluding hydrogens is 364 g/mol. The van der Waals surface area contributed by atoms with Crippen LogP contribution in [0.15, 0.2) is 67.1 Å². The Labute approximate surface area is 170 Å².